The normalized spacial score (nSPS) is 13.3. The summed E-state index contributed by atoms with van der Waals surface area (Å²) in [5.74, 6) is -0.343. The molecular formula is C13H17N3O4S2. The number of benzene rings is 1. The first-order valence-electron chi connectivity index (χ1n) is 6.55. The number of methoxy groups -OCH3 is 1. The second-order valence-electron chi connectivity index (χ2n) is 4.62. The Labute approximate surface area is 132 Å². The highest BCUT2D eigenvalue weighted by Crippen LogP contribution is 2.28. The average Bonchev–Trinajstić information content (AvgIpc) is 2.81. The van der Waals surface area contributed by atoms with Gasteiger partial charge in [-0.25, -0.2) is 18.5 Å². The number of hydrogen-bond acceptors (Lipinski definition) is 6. The minimum Gasteiger partial charge on any atom is -0.468 e. The third kappa shape index (κ3) is 3.26. The molecule has 1 heterocycles. The number of ether oxygens (including phenoxy) is 1. The van der Waals surface area contributed by atoms with Gasteiger partial charge >= 0.3 is 5.97 Å². The number of carbonyl (C=O) groups excluding carboxylic acids is 1. The summed E-state index contributed by atoms with van der Waals surface area (Å²) in [6.45, 7) is 4.31. The van der Waals surface area contributed by atoms with Crippen molar-refractivity contribution in [3.05, 3.63) is 18.2 Å². The van der Waals surface area contributed by atoms with Crippen molar-refractivity contribution in [3.8, 4) is 0 Å². The zero-order valence-electron chi connectivity index (χ0n) is 12.4. The van der Waals surface area contributed by atoms with Crippen molar-refractivity contribution in [2.45, 2.75) is 35.7 Å². The fourth-order valence-corrected chi connectivity index (χ4v) is 3.58. The highest BCUT2D eigenvalue weighted by molar-refractivity contribution is 8.00. The van der Waals surface area contributed by atoms with Gasteiger partial charge in [-0.1, -0.05) is 11.8 Å². The second kappa shape index (κ2) is 6.27. The first-order valence-corrected chi connectivity index (χ1v) is 8.98. The number of hydrogen-bond donors (Lipinski definition) is 1. The first kappa shape index (κ1) is 16.8. The lowest BCUT2D eigenvalue weighted by Crippen LogP contribution is -2.15. The molecule has 0 bridgehead atoms. The minimum atomic E-state index is -3.78. The third-order valence-corrected chi connectivity index (χ3v) is 5.12. The van der Waals surface area contributed by atoms with E-state index in [1.54, 1.807) is 13.0 Å². The molecule has 1 aromatic heterocycles. The first-order chi connectivity index (χ1) is 10.3. The number of nitrogens with two attached hydrogens (primary N) is 1. The van der Waals surface area contributed by atoms with Crippen molar-refractivity contribution < 1.29 is 17.9 Å². The minimum absolute atomic E-state index is 0.0123. The predicted octanol–water partition coefficient (Wildman–Crippen LogP) is 1.36. The van der Waals surface area contributed by atoms with Gasteiger partial charge in [-0.05, 0) is 32.0 Å². The molecule has 0 aliphatic carbocycles. The summed E-state index contributed by atoms with van der Waals surface area (Å²) in [5, 5.41) is 5.35. The standard InChI is InChI=1S/C13H17N3O4S2/c1-4-16-11-6-5-9(22(14,18)19)7-10(11)15-13(16)21-8(2)12(17)20-3/h5-8H,4H2,1-3H3,(H2,14,18,19)/t8-/m0/s1. The molecule has 0 aliphatic heterocycles. The smallest absolute Gasteiger partial charge is 0.318 e. The van der Waals surface area contributed by atoms with Crippen LogP contribution in [0.3, 0.4) is 0 Å². The molecule has 0 unspecified atom stereocenters. The monoisotopic (exact) mass is 343 g/mol. The Morgan fingerprint density at radius 2 is 2.18 bits per heavy atom. The van der Waals surface area contributed by atoms with Gasteiger partial charge in [-0.15, -0.1) is 0 Å². The number of thioether (sulfide) groups is 1. The van der Waals surface area contributed by atoms with E-state index in [9.17, 15) is 13.2 Å². The number of nitrogens with zero attached hydrogens (tertiary/aromatic N) is 2. The summed E-state index contributed by atoms with van der Waals surface area (Å²) in [6, 6.07) is 4.55. The topological polar surface area (TPSA) is 104 Å². The number of imidazole rings is 1. The zero-order valence-corrected chi connectivity index (χ0v) is 14.1. The maximum atomic E-state index is 11.5. The highest BCUT2D eigenvalue weighted by atomic mass is 32.2. The van der Waals surface area contributed by atoms with Gasteiger partial charge in [0.15, 0.2) is 5.16 Å². The van der Waals surface area contributed by atoms with Crippen LogP contribution < -0.4 is 5.14 Å². The lowest BCUT2D eigenvalue weighted by molar-refractivity contribution is -0.139. The van der Waals surface area contributed by atoms with Crippen molar-refractivity contribution >= 4 is 38.8 Å². The van der Waals surface area contributed by atoms with Crippen molar-refractivity contribution in [2.75, 3.05) is 7.11 Å². The lowest BCUT2D eigenvalue weighted by atomic mass is 10.3. The van der Waals surface area contributed by atoms with Gasteiger partial charge in [0.1, 0.15) is 5.25 Å². The molecule has 22 heavy (non-hydrogen) atoms. The molecule has 2 aromatic rings. The number of sulfonamides is 1. The largest absolute Gasteiger partial charge is 0.468 e. The van der Waals surface area contributed by atoms with E-state index < -0.39 is 15.3 Å². The van der Waals surface area contributed by atoms with E-state index in [-0.39, 0.29) is 10.9 Å². The van der Waals surface area contributed by atoms with Crippen LogP contribution in [0, 0.1) is 0 Å². The molecule has 9 heteroatoms. The molecule has 1 aromatic carbocycles. The van der Waals surface area contributed by atoms with Crippen LogP contribution in [0.25, 0.3) is 11.0 Å². The summed E-state index contributed by atoms with van der Waals surface area (Å²) in [5.41, 5.74) is 1.31. The molecule has 0 spiro atoms. The third-order valence-electron chi connectivity index (χ3n) is 3.14. The van der Waals surface area contributed by atoms with Gasteiger partial charge in [-0.3, -0.25) is 4.79 Å². The van der Waals surface area contributed by atoms with Crippen LogP contribution in [0.15, 0.2) is 28.3 Å². The Morgan fingerprint density at radius 1 is 1.50 bits per heavy atom. The molecule has 7 nitrogen and oxygen atoms in total. The van der Waals surface area contributed by atoms with Crippen LogP contribution >= 0.6 is 11.8 Å². The van der Waals surface area contributed by atoms with Crippen LogP contribution in [-0.2, 0) is 26.1 Å². The van der Waals surface area contributed by atoms with Crippen LogP contribution in [0.2, 0.25) is 0 Å². The Balaban J connectivity index is 2.49. The average molecular weight is 343 g/mol. The Morgan fingerprint density at radius 3 is 2.73 bits per heavy atom. The predicted molar refractivity (Wildman–Crippen MR) is 84.1 cm³/mol. The molecule has 0 saturated carbocycles. The summed E-state index contributed by atoms with van der Waals surface area (Å²) in [6.07, 6.45) is 0. The fraction of sp³-hybridized carbons (Fsp3) is 0.385. The molecule has 2 N–H and O–H groups in total. The van der Waals surface area contributed by atoms with Crippen LogP contribution in [0.4, 0.5) is 0 Å². The van der Waals surface area contributed by atoms with Crippen molar-refractivity contribution in [1.82, 2.24) is 9.55 Å². The van der Waals surface area contributed by atoms with E-state index in [2.05, 4.69) is 4.98 Å². The summed E-state index contributed by atoms with van der Waals surface area (Å²) in [7, 11) is -2.44. The van der Waals surface area contributed by atoms with Crippen LogP contribution in [0.5, 0.6) is 0 Å². The number of carbonyl (C=O) groups is 1. The summed E-state index contributed by atoms with van der Waals surface area (Å²) >= 11 is 1.26. The van der Waals surface area contributed by atoms with Crippen LogP contribution in [-0.4, -0.2) is 36.3 Å². The second-order valence-corrected chi connectivity index (χ2v) is 7.49. The Kier molecular flexibility index (Phi) is 4.78. The molecule has 2 rings (SSSR count). The Bertz CT molecular complexity index is 814. The van der Waals surface area contributed by atoms with Crippen LogP contribution in [0.1, 0.15) is 13.8 Å². The van der Waals surface area contributed by atoms with E-state index >= 15 is 0 Å². The number of aromatic nitrogens is 2. The Hall–Kier alpha value is -1.58. The van der Waals surface area contributed by atoms with Gasteiger partial charge in [0.05, 0.1) is 23.0 Å². The van der Waals surface area contributed by atoms with E-state index in [0.717, 1.165) is 5.52 Å². The maximum absolute atomic E-state index is 11.5. The summed E-state index contributed by atoms with van der Waals surface area (Å²) in [4.78, 5) is 16.0. The number of primary sulfonamides is 1. The highest BCUT2D eigenvalue weighted by Gasteiger charge is 2.20. The number of esters is 1. The van der Waals surface area contributed by atoms with E-state index in [4.69, 9.17) is 9.88 Å². The van der Waals surface area contributed by atoms with Gasteiger partial charge < -0.3 is 9.30 Å². The zero-order chi connectivity index (χ0) is 16.5. The fourth-order valence-electron chi connectivity index (χ4n) is 2.03. The molecule has 1 atom stereocenters. The molecule has 0 saturated heterocycles. The van der Waals surface area contributed by atoms with Crippen molar-refractivity contribution in [3.63, 3.8) is 0 Å². The van der Waals surface area contributed by atoms with Gasteiger partial charge in [0.25, 0.3) is 0 Å². The van der Waals surface area contributed by atoms with E-state index in [1.165, 1.54) is 31.0 Å². The molecule has 0 fully saturated rings. The quantitative estimate of drug-likeness (QED) is 0.649. The number of aryl methyl sites for hydroxylation is 1. The van der Waals surface area contributed by atoms with Gasteiger partial charge in [0.2, 0.25) is 10.0 Å². The number of rotatable bonds is 5. The molecule has 120 valence electrons. The molecular weight excluding hydrogens is 326 g/mol. The molecule has 0 radical (unpaired) electrons. The van der Waals surface area contributed by atoms with Crippen molar-refractivity contribution in [2.24, 2.45) is 5.14 Å². The van der Waals surface area contributed by atoms with Gasteiger partial charge in [-0.2, -0.15) is 0 Å². The maximum Gasteiger partial charge on any atom is 0.318 e. The molecule has 0 aliphatic rings. The van der Waals surface area contributed by atoms with E-state index in [0.29, 0.717) is 17.2 Å². The molecule has 0 amide bonds. The SMILES string of the molecule is CCn1c(S[C@@H](C)C(=O)OC)nc2cc(S(N)(=O)=O)ccc21. The van der Waals surface area contributed by atoms with Gasteiger partial charge in [0, 0.05) is 6.54 Å². The van der Waals surface area contributed by atoms with Crippen molar-refractivity contribution in [1.29, 1.82) is 0 Å². The summed E-state index contributed by atoms with van der Waals surface area (Å²) < 4.78 is 29.5. The number of fused-ring (bicyclic) bond motifs is 1. The lowest BCUT2D eigenvalue weighted by Gasteiger charge is -2.09. The van der Waals surface area contributed by atoms with E-state index in [1.807, 2.05) is 11.5 Å².